The monoisotopic (exact) mass is 306 g/mol. The number of amides is 1. The van der Waals surface area contributed by atoms with Crippen molar-refractivity contribution in [2.24, 2.45) is 0 Å². The van der Waals surface area contributed by atoms with Crippen LogP contribution in [0.4, 0.5) is 5.82 Å². The van der Waals surface area contributed by atoms with Crippen molar-refractivity contribution in [1.29, 1.82) is 0 Å². The zero-order valence-electron chi connectivity index (χ0n) is 13.7. The zero-order valence-corrected chi connectivity index (χ0v) is 13.7. The van der Waals surface area contributed by atoms with Gasteiger partial charge in [-0.3, -0.25) is 4.79 Å². The minimum atomic E-state index is -0.156. The Bertz CT molecular complexity index is 467. The number of carbonyl (C=O) groups excluding carboxylic acids is 1. The molecule has 2 rings (SSSR count). The van der Waals surface area contributed by atoms with Crippen LogP contribution in [-0.2, 0) is 0 Å². The van der Waals surface area contributed by atoms with Crippen molar-refractivity contribution in [3.63, 3.8) is 0 Å². The molecule has 0 saturated carbocycles. The van der Waals surface area contributed by atoms with Gasteiger partial charge in [-0.15, -0.1) is 10.2 Å². The van der Waals surface area contributed by atoms with E-state index in [1.165, 1.54) is 0 Å². The first-order valence-electron chi connectivity index (χ1n) is 7.76. The van der Waals surface area contributed by atoms with E-state index in [0.29, 0.717) is 12.2 Å². The number of aromatic nitrogens is 2. The maximum Gasteiger partial charge on any atom is 0.271 e. The number of nitrogens with one attached hydrogen (secondary N) is 1. The van der Waals surface area contributed by atoms with Gasteiger partial charge in [0.1, 0.15) is 0 Å². The number of rotatable bonds is 6. The van der Waals surface area contributed by atoms with Crippen molar-refractivity contribution in [2.45, 2.75) is 6.42 Å². The van der Waals surface area contributed by atoms with Crippen molar-refractivity contribution in [3.05, 3.63) is 17.8 Å². The van der Waals surface area contributed by atoms with Crippen LogP contribution < -0.4 is 10.2 Å². The summed E-state index contributed by atoms with van der Waals surface area (Å²) >= 11 is 0. The highest BCUT2D eigenvalue weighted by Crippen LogP contribution is 2.12. The van der Waals surface area contributed by atoms with Gasteiger partial charge in [0.2, 0.25) is 0 Å². The van der Waals surface area contributed by atoms with Crippen LogP contribution in [0.1, 0.15) is 16.9 Å². The highest BCUT2D eigenvalue weighted by atomic mass is 16.1. The summed E-state index contributed by atoms with van der Waals surface area (Å²) in [5.41, 5.74) is 0.378. The van der Waals surface area contributed by atoms with Gasteiger partial charge in [0.25, 0.3) is 5.91 Å². The molecule has 1 aliphatic heterocycles. The van der Waals surface area contributed by atoms with E-state index in [0.717, 1.165) is 45.0 Å². The van der Waals surface area contributed by atoms with Gasteiger partial charge in [-0.1, -0.05) is 0 Å². The molecule has 0 radical (unpaired) electrons. The van der Waals surface area contributed by atoms with Crippen LogP contribution in [0.3, 0.4) is 0 Å². The highest BCUT2D eigenvalue weighted by molar-refractivity contribution is 5.92. The summed E-state index contributed by atoms with van der Waals surface area (Å²) in [5.74, 6) is 0.688. The van der Waals surface area contributed by atoms with Crippen molar-refractivity contribution in [2.75, 3.05) is 65.3 Å². The molecule has 1 fully saturated rings. The molecular weight excluding hydrogens is 280 g/mol. The summed E-state index contributed by atoms with van der Waals surface area (Å²) in [7, 11) is 6.15. The fourth-order valence-electron chi connectivity index (χ4n) is 2.34. The molecule has 7 heteroatoms. The molecule has 0 aliphatic carbocycles. The Morgan fingerprint density at radius 2 is 1.95 bits per heavy atom. The number of likely N-dealkylation sites (N-methyl/N-ethyl adjacent to an activating group) is 1. The lowest BCUT2D eigenvalue weighted by Gasteiger charge is -2.32. The minimum absolute atomic E-state index is 0.156. The van der Waals surface area contributed by atoms with Crippen LogP contribution in [0, 0.1) is 0 Å². The molecule has 1 saturated heterocycles. The molecule has 122 valence electrons. The van der Waals surface area contributed by atoms with E-state index >= 15 is 0 Å². The number of nitrogens with zero attached hydrogens (tertiary/aromatic N) is 5. The molecule has 0 spiro atoms. The zero-order chi connectivity index (χ0) is 15.9. The van der Waals surface area contributed by atoms with Crippen LogP contribution >= 0.6 is 0 Å². The van der Waals surface area contributed by atoms with E-state index in [1.54, 1.807) is 6.07 Å². The Morgan fingerprint density at radius 1 is 1.23 bits per heavy atom. The number of carbonyl (C=O) groups is 1. The normalized spacial score (nSPS) is 16.1. The Labute approximate surface area is 132 Å². The Hall–Kier alpha value is -1.73. The van der Waals surface area contributed by atoms with Crippen molar-refractivity contribution >= 4 is 11.7 Å². The third-order valence-electron chi connectivity index (χ3n) is 3.78. The molecule has 0 unspecified atom stereocenters. The molecule has 1 aliphatic rings. The van der Waals surface area contributed by atoms with Crippen LogP contribution in [0.5, 0.6) is 0 Å². The molecule has 0 bridgehead atoms. The van der Waals surface area contributed by atoms with Gasteiger partial charge in [-0.05, 0) is 46.2 Å². The second-order valence-electron chi connectivity index (χ2n) is 5.98. The first kappa shape index (κ1) is 16.6. The smallest absolute Gasteiger partial charge is 0.271 e. The van der Waals surface area contributed by atoms with Crippen molar-refractivity contribution in [3.8, 4) is 0 Å². The predicted octanol–water partition coefficient (Wildman–Crippen LogP) is -0.0901. The van der Waals surface area contributed by atoms with Gasteiger partial charge >= 0.3 is 0 Å². The third kappa shape index (κ3) is 4.92. The molecule has 1 aromatic rings. The fraction of sp³-hybridized carbons (Fsp3) is 0.667. The molecule has 22 heavy (non-hydrogen) atoms. The largest absolute Gasteiger partial charge is 0.353 e. The second kappa shape index (κ2) is 8.05. The molecule has 1 N–H and O–H groups in total. The summed E-state index contributed by atoms with van der Waals surface area (Å²) in [6, 6.07) is 3.63. The highest BCUT2D eigenvalue weighted by Gasteiger charge is 2.16. The van der Waals surface area contributed by atoms with Gasteiger partial charge in [-0.2, -0.15) is 0 Å². The lowest BCUT2D eigenvalue weighted by atomic mass is 10.3. The SMILES string of the molecule is CN(C)CCCNC(=O)c1ccc(N2CCN(C)CC2)nn1. The molecule has 7 nitrogen and oxygen atoms in total. The molecule has 0 aromatic carbocycles. The average Bonchev–Trinajstić information content (AvgIpc) is 2.52. The van der Waals surface area contributed by atoms with E-state index < -0.39 is 0 Å². The van der Waals surface area contributed by atoms with Gasteiger partial charge in [0, 0.05) is 32.7 Å². The Kier molecular flexibility index (Phi) is 6.09. The molecule has 0 atom stereocenters. The number of anilines is 1. The summed E-state index contributed by atoms with van der Waals surface area (Å²) in [6.45, 7) is 5.54. The quantitative estimate of drug-likeness (QED) is 0.741. The van der Waals surface area contributed by atoms with E-state index in [-0.39, 0.29) is 5.91 Å². The summed E-state index contributed by atoms with van der Waals surface area (Å²) in [6.07, 6.45) is 0.922. The number of hydrogen-bond donors (Lipinski definition) is 1. The van der Waals surface area contributed by atoms with Crippen LogP contribution in [-0.4, -0.2) is 86.3 Å². The second-order valence-corrected chi connectivity index (χ2v) is 5.98. The topological polar surface area (TPSA) is 64.6 Å². The Morgan fingerprint density at radius 3 is 2.55 bits per heavy atom. The molecular formula is C15H26N6O. The lowest BCUT2D eigenvalue weighted by Crippen LogP contribution is -2.44. The standard InChI is InChI=1S/C15H26N6O/c1-19(2)8-4-7-16-15(22)13-5-6-14(18-17-13)21-11-9-20(3)10-12-21/h5-6H,4,7-12H2,1-3H3,(H,16,22). The van der Waals surface area contributed by atoms with E-state index in [1.807, 2.05) is 20.2 Å². The van der Waals surface area contributed by atoms with E-state index in [9.17, 15) is 4.79 Å². The maximum absolute atomic E-state index is 12.0. The lowest BCUT2D eigenvalue weighted by molar-refractivity contribution is 0.0946. The summed E-state index contributed by atoms with van der Waals surface area (Å²) in [5, 5.41) is 11.1. The number of hydrogen-bond acceptors (Lipinski definition) is 6. The minimum Gasteiger partial charge on any atom is -0.353 e. The average molecular weight is 306 g/mol. The van der Waals surface area contributed by atoms with Gasteiger partial charge in [-0.25, -0.2) is 0 Å². The van der Waals surface area contributed by atoms with Crippen LogP contribution in [0.25, 0.3) is 0 Å². The molecule has 1 aromatic heterocycles. The van der Waals surface area contributed by atoms with E-state index in [4.69, 9.17) is 0 Å². The fourth-order valence-corrected chi connectivity index (χ4v) is 2.34. The molecule has 2 heterocycles. The Balaban J connectivity index is 1.82. The predicted molar refractivity (Wildman–Crippen MR) is 87.2 cm³/mol. The first-order valence-corrected chi connectivity index (χ1v) is 7.76. The van der Waals surface area contributed by atoms with Gasteiger partial charge in [0.05, 0.1) is 0 Å². The summed E-state index contributed by atoms with van der Waals surface area (Å²) in [4.78, 5) is 18.6. The molecule has 1 amide bonds. The van der Waals surface area contributed by atoms with Gasteiger partial charge < -0.3 is 20.0 Å². The van der Waals surface area contributed by atoms with Crippen molar-refractivity contribution < 1.29 is 4.79 Å². The van der Waals surface area contributed by atoms with Gasteiger partial charge in [0.15, 0.2) is 11.5 Å². The third-order valence-corrected chi connectivity index (χ3v) is 3.78. The first-order chi connectivity index (χ1) is 10.6. The van der Waals surface area contributed by atoms with Crippen LogP contribution in [0.2, 0.25) is 0 Å². The van der Waals surface area contributed by atoms with E-state index in [2.05, 4.69) is 37.3 Å². The maximum atomic E-state index is 12.0. The number of piperazine rings is 1. The summed E-state index contributed by atoms with van der Waals surface area (Å²) < 4.78 is 0. The van der Waals surface area contributed by atoms with Crippen molar-refractivity contribution in [1.82, 2.24) is 25.3 Å². The van der Waals surface area contributed by atoms with Crippen LogP contribution in [0.15, 0.2) is 12.1 Å².